The average molecular weight is 338 g/mol. The molecule has 3 N–H and O–H groups in total. The number of carboxylic acids is 2. The molecule has 0 radical (unpaired) electrons. The molecule has 0 aromatic carbocycles. The standard InChI is InChI=1S/C15H18N2O5S/c1-8(2)5-16-6-9-3-4-10-12(22-7-11(18)19)13(15(20)21)23-14(10)17-9/h3-4,8,16H,5-7H2,1-2H3,(H,18,19)(H,20,21). The molecule has 2 heterocycles. The third-order valence-corrected chi connectivity index (χ3v) is 4.03. The molecule has 0 spiro atoms. The number of carboxylic acid groups (broad SMARTS) is 2. The molecule has 2 aromatic rings. The molecule has 0 aliphatic heterocycles. The van der Waals surface area contributed by atoms with Crippen molar-refractivity contribution >= 4 is 33.5 Å². The number of hydrogen-bond donors (Lipinski definition) is 3. The molecule has 0 saturated heterocycles. The van der Waals surface area contributed by atoms with Gasteiger partial charge in [0.1, 0.15) is 4.83 Å². The maximum absolute atomic E-state index is 11.3. The van der Waals surface area contributed by atoms with Crippen LogP contribution in [-0.2, 0) is 11.3 Å². The zero-order valence-corrected chi connectivity index (χ0v) is 13.6. The van der Waals surface area contributed by atoms with E-state index >= 15 is 0 Å². The molecule has 0 bridgehead atoms. The van der Waals surface area contributed by atoms with E-state index in [4.69, 9.17) is 9.84 Å². The molecule has 124 valence electrons. The Morgan fingerprint density at radius 3 is 2.70 bits per heavy atom. The van der Waals surface area contributed by atoms with Gasteiger partial charge in [-0.05, 0) is 24.6 Å². The highest BCUT2D eigenvalue weighted by atomic mass is 32.1. The number of aromatic carboxylic acids is 1. The molecule has 0 saturated carbocycles. The second-order valence-electron chi connectivity index (χ2n) is 5.43. The molecule has 0 unspecified atom stereocenters. The first-order valence-electron chi connectivity index (χ1n) is 7.09. The number of hydrogen-bond acceptors (Lipinski definition) is 6. The first-order chi connectivity index (χ1) is 10.9. The van der Waals surface area contributed by atoms with Crippen LogP contribution in [0.15, 0.2) is 12.1 Å². The average Bonchev–Trinajstić information content (AvgIpc) is 2.82. The van der Waals surface area contributed by atoms with Crippen molar-refractivity contribution in [2.24, 2.45) is 5.92 Å². The molecule has 0 amide bonds. The number of aromatic nitrogens is 1. The van der Waals surface area contributed by atoms with Gasteiger partial charge in [-0.15, -0.1) is 11.3 Å². The fourth-order valence-corrected chi connectivity index (χ4v) is 2.98. The summed E-state index contributed by atoms with van der Waals surface area (Å²) in [5.74, 6) is -1.74. The van der Waals surface area contributed by atoms with Gasteiger partial charge in [0.05, 0.1) is 11.1 Å². The summed E-state index contributed by atoms with van der Waals surface area (Å²) in [5, 5.41) is 21.7. The highest BCUT2D eigenvalue weighted by Gasteiger charge is 2.21. The van der Waals surface area contributed by atoms with E-state index < -0.39 is 18.5 Å². The molecule has 0 fully saturated rings. The molecule has 2 aromatic heterocycles. The number of nitrogens with zero attached hydrogens (tertiary/aromatic N) is 1. The van der Waals surface area contributed by atoms with Gasteiger partial charge in [-0.1, -0.05) is 13.8 Å². The first kappa shape index (κ1) is 17.2. The molecule has 0 aliphatic rings. The molecule has 8 heteroatoms. The Balaban J connectivity index is 2.28. The predicted octanol–water partition coefficient (Wildman–Crippen LogP) is 2.20. The van der Waals surface area contributed by atoms with Gasteiger partial charge < -0.3 is 20.3 Å². The molecular formula is C15H18N2O5S. The summed E-state index contributed by atoms with van der Waals surface area (Å²) < 4.78 is 5.14. The van der Waals surface area contributed by atoms with Crippen molar-refractivity contribution in [1.82, 2.24) is 10.3 Å². The molecule has 2 rings (SSSR count). The summed E-state index contributed by atoms with van der Waals surface area (Å²) in [6.07, 6.45) is 0. The number of carbonyl (C=O) groups is 2. The minimum atomic E-state index is -1.16. The van der Waals surface area contributed by atoms with Crippen molar-refractivity contribution in [2.75, 3.05) is 13.2 Å². The molecule has 0 aliphatic carbocycles. The third kappa shape index (κ3) is 4.40. The Hall–Kier alpha value is -2.19. The van der Waals surface area contributed by atoms with Gasteiger partial charge in [0, 0.05) is 6.54 Å². The van der Waals surface area contributed by atoms with Crippen molar-refractivity contribution in [3.05, 3.63) is 22.7 Å². The Labute approximate surface area is 136 Å². The SMILES string of the molecule is CC(C)CNCc1ccc2c(OCC(=O)O)c(C(=O)O)sc2n1. The summed E-state index contributed by atoms with van der Waals surface area (Å²) in [4.78, 5) is 26.9. The van der Waals surface area contributed by atoms with Crippen LogP contribution in [0.2, 0.25) is 0 Å². The second-order valence-corrected chi connectivity index (χ2v) is 6.43. The monoisotopic (exact) mass is 338 g/mol. The molecule has 23 heavy (non-hydrogen) atoms. The van der Waals surface area contributed by atoms with Gasteiger partial charge in [0.15, 0.2) is 17.2 Å². The summed E-state index contributed by atoms with van der Waals surface area (Å²) in [5.41, 5.74) is 0.793. The molecule has 0 atom stereocenters. The van der Waals surface area contributed by atoms with E-state index in [9.17, 15) is 14.7 Å². The summed E-state index contributed by atoms with van der Waals surface area (Å²) in [6, 6.07) is 3.50. The summed E-state index contributed by atoms with van der Waals surface area (Å²) in [7, 11) is 0. The van der Waals surface area contributed by atoms with Crippen LogP contribution in [0.25, 0.3) is 10.2 Å². The highest BCUT2D eigenvalue weighted by Crippen LogP contribution is 2.37. The van der Waals surface area contributed by atoms with E-state index in [-0.39, 0.29) is 10.6 Å². The topological polar surface area (TPSA) is 109 Å². The number of aliphatic carboxylic acids is 1. The Bertz CT molecular complexity index is 726. The number of ether oxygens (including phenoxy) is 1. The van der Waals surface area contributed by atoms with E-state index in [0.29, 0.717) is 22.7 Å². The van der Waals surface area contributed by atoms with Crippen molar-refractivity contribution in [3.63, 3.8) is 0 Å². The lowest BCUT2D eigenvalue weighted by atomic mass is 10.2. The summed E-state index contributed by atoms with van der Waals surface area (Å²) in [6.45, 7) is 5.06. The minimum Gasteiger partial charge on any atom is -0.479 e. The van der Waals surface area contributed by atoms with Gasteiger partial charge in [0.25, 0.3) is 0 Å². The number of rotatable bonds is 8. The predicted molar refractivity (Wildman–Crippen MR) is 86.3 cm³/mol. The van der Waals surface area contributed by atoms with Crippen LogP contribution >= 0.6 is 11.3 Å². The van der Waals surface area contributed by atoms with Crippen LogP contribution in [0.5, 0.6) is 5.75 Å². The lowest BCUT2D eigenvalue weighted by Crippen LogP contribution is -2.19. The van der Waals surface area contributed by atoms with Gasteiger partial charge >= 0.3 is 11.9 Å². The fourth-order valence-electron chi connectivity index (χ4n) is 2.00. The maximum atomic E-state index is 11.3. The normalized spacial score (nSPS) is 11.1. The van der Waals surface area contributed by atoms with Crippen LogP contribution in [0.4, 0.5) is 0 Å². The second kappa shape index (κ2) is 7.38. The van der Waals surface area contributed by atoms with Crippen LogP contribution in [0.1, 0.15) is 29.2 Å². The zero-order valence-electron chi connectivity index (χ0n) is 12.8. The molecular weight excluding hydrogens is 320 g/mol. The largest absolute Gasteiger partial charge is 0.479 e. The zero-order chi connectivity index (χ0) is 17.0. The van der Waals surface area contributed by atoms with Crippen LogP contribution in [0.3, 0.4) is 0 Å². The van der Waals surface area contributed by atoms with Gasteiger partial charge in [-0.2, -0.15) is 0 Å². The van der Waals surface area contributed by atoms with Crippen molar-refractivity contribution in [1.29, 1.82) is 0 Å². The van der Waals surface area contributed by atoms with Crippen LogP contribution < -0.4 is 10.1 Å². The Morgan fingerprint density at radius 2 is 2.09 bits per heavy atom. The van der Waals surface area contributed by atoms with Crippen LogP contribution in [-0.4, -0.2) is 40.3 Å². The summed E-state index contributed by atoms with van der Waals surface area (Å²) >= 11 is 0.981. The van der Waals surface area contributed by atoms with Gasteiger partial charge in [-0.3, -0.25) is 0 Å². The van der Waals surface area contributed by atoms with Gasteiger partial charge in [-0.25, -0.2) is 14.6 Å². The van der Waals surface area contributed by atoms with Crippen molar-refractivity contribution in [3.8, 4) is 5.75 Å². The quantitative estimate of drug-likeness (QED) is 0.677. The van der Waals surface area contributed by atoms with Crippen LogP contribution in [0, 0.1) is 5.92 Å². The number of thiophene rings is 1. The van der Waals surface area contributed by atoms with Gasteiger partial charge in [0.2, 0.25) is 0 Å². The minimum absolute atomic E-state index is 0.0407. The molecule has 7 nitrogen and oxygen atoms in total. The smallest absolute Gasteiger partial charge is 0.349 e. The number of nitrogens with one attached hydrogen (secondary N) is 1. The first-order valence-corrected chi connectivity index (χ1v) is 7.91. The Kier molecular flexibility index (Phi) is 5.51. The number of fused-ring (bicyclic) bond motifs is 1. The Morgan fingerprint density at radius 1 is 1.35 bits per heavy atom. The fraction of sp³-hybridized carbons (Fsp3) is 0.400. The van der Waals surface area contributed by atoms with Crippen molar-refractivity contribution < 1.29 is 24.5 Å². The highest BCUT2D eigenvalue weighted by molar-refractivity contribution is 7.20. The van der Waals surface area contributed by atoms with E-state index in [2.05, 4.69) is 24.1 Å². The van der Waals surface area contributed by atoms with E-state index in [1.54, 1.807) is 12.1 Å². The lowest BCUT2D eigenvalue weighted by Gasteiger charge is -2.07. The van der Waals surface area contributed by atoms with E-state index in [1.165, 1.54) is 0 Å². The maximum Gasteiger partial charge on any atom is 0.349 e. The lowest BCUT2D eigenvalue weighted by molar-refractivity contribution is -0.139. The number of pyridine rings is 1. The van der Waals surface area contributed by atoms with Crippen molar-refractivity contribution in [2.45, 2.75) is 20.4 Å². The van der Waals surface area contributed by atoms with E-state index in [0.717, 1.165) is 23.6 Å². The van der Waals surface area contributed by atoms with E-state index in [1.807, 2.05) is 0 Å². The third-order valence-electron chi connectivity index (χ3n) is 2.96.